The van der Waals surface area contributed by atoms with E-state index in [-0.39, 0.29) is 17.7 Å². The van der Waals surface area contributed by atoms with E-state index in [4.69, 9.17) is 16.6 Å². The monoisotopic (exact) mass is 489 g/mol. The molecule has 0 unspecified atom stereocenters. The van der Waals surface area contributed by atoms with Crippen molar-refractivity contribution in [2.75, 3.05) is 11.1 Å². The van der Waals surface area contributed by atoms with E-state index in [1.165, 1.54) is 24.3 Å². The average Bonchev–Trinajstić information content (AvgIpc) is 3.41. The van der Waals surface area contributed by atoms with E-state index >= 15 is 0 Å². The molecule has 11 heteroatoms. The van der Waals surface area contributed by atoms with Gasteiger partial charge in [-0.3, -0.25) is 9.89 Å². The van der Waals surface area contributed by atoms with Crippen LogP contribution >= 0.6 is 23.4 Å². The number of nitrogens with zero attached hydrogens (tertiary/aromatic N) is 3. The summed E-state index contributed by atoms with van der Waals surface area (Å²) >= 11 is 6.48. The number of alkyl halides is 3. The molecule has 1 atom stereocenters. The average molecular weight is 490 g/mol. The van der Waals surface area contributed by atoms with E-state index in [0.717, 1.165) is 39.6 Å². The predicted molar refractivity (Wildman–Crippen MR) is 123 cm³/mol. The number of halogens is 3. The second-order valence-corrected chi connectivity index (χ2v) is 9.14. The SMILES string of the molecule is C[C@@H]1CCSc2nc3cc(C(=O)Nc4ccc(OC(F)(F)Cl)cc4)cc(-c4ccn[nH]4)c3n21. The van der Waals surface area contributed by atoms with Crippen LogP contribution in [0.4, 0.5) is 14.5 Å². The number of ether oxygens (including phenoxy) is 1. The van der Waals surface area contributed by atoms with E-state index in [1.807, 2.05) is 6.07 Å². The number of aromatic nitrogens is 4. The maximum Gasteiger partial charge on any atom is 0.487 e. The zero-order chi connectivity index (χ0) is 23.2. The van der Waals surface area contributed by atoms with Crippen LogP contribution in [0.15, 0.2) is 53.8 Å². The van der Waals surface area contributed by atoms with Crippen LogP contribution in [-0.4, -0.2) is 37.0 Å². The lowest BCUT2D eigenvalue weighted by molar-refractivity contribution is -0.0964. The largest absolute Gasteiger partial charge is 0.487 e. The summed E-state index contributed by atoms with van der Waals surface area (Å²) in [5, 5.41) is 10.7. The van der Waals surface area contributed by atoms with Gasteiger partial charge >= 0.3 is 5.57 Å². The number of benzene rings is 2. The summed E-state index contributed by atoms with van der Waals surface area (Å²) in [6, 6.07) is 11.2. The number of carbonyl (C=O) groups excluding carboxylic acids is 1. The van der Waals surface area contributed by atoms with Crippen molar-refractivity contribution in [3.05, 3.63) is 54.2 Å². The molecule has 2 aromatic carbocycles. The van der Waals surface area contributed by atoms with Gasteiger partial charge in [0.1, 0.15) is 5.75 Å². The van der Waals surface area contributed by atoms with Gasteiger partial charge in [-0.2, -0.15) is 5.10 Å². The third-order valence-corrected chi connectivity index (χ3v) is 6.42. The predicted octanol–water partition coefficient (Wildman–Crippen LogP) is 5.90. The molecular weight excluding hydrogens is 472 g/mol. The van der Waals surface area contributed by atoms with Gasteiger partial charge in [-0.1, -0.05) is 11.8 Å². The number of fused-ring (bicyclic) bond motifs is 3. The first-order chi connectivity index (χ1) is 15.8. The van der Waals surface area contributed by atoms with E-state index in [2.05, 4.69) is 31.7 Å². The van der Waals surface area contributed by atoms with Crippen molar-refractivity contribution in [2.24, 2.45) is 0 Å². The first kappa shape index (κ1) is 21.7. The van der Waals surface area contributed by atoms with Crippen molar-refractivity contribution in [3.8, 4) is 17.0 Å². The Balaban J connectivity index is 1.50. The molecule has 1 aliphatic heterocycles. The summed E-state index contributed by atoms with van der Waals surface area (Å²) in [5.41, 5.74) is 0.308. The minimum atomic E-state index is -3.80. The Labute approximate surface area is 196 Å². The number of H-pyrrole nitrogens is 1. The highest BCUT2D eigenvalue weighted by Gasteiger charge is 2.28. The lowest BCUT2D eigenvalue weighted by atomic mass is 10.0. The van der Waals surface area contributed by atoms with Crippen LogP contribution in [0.5, 0.6) is 5.75 Å². The molecule has 2 N–H and O–H groups in total. The van der Waals surface area contributed by atoms with Crippen LogP contribution in [0.25, 0.3) is 22.3 Å². The molecule has 5 rings (SSSR count). The van der Waals surface area contributed by atoms with Crippen molar-refractivity contribution in [3.63, 3.8) is 0 Å². The fraction of sp³-hybridized carbons (Fsp3) is 0.227. The van der Waals surface area contributed by atoms with E-state index in [1.54, 1.807) is 30.1 Å². The van der Waals surface area contributed by atoms with Gasteiger partial charge in [0, 0.05) is 46.4 Å². The summed E-state index contributed by atoms with van der Waals surface area (Å²) in [6.45, 7) is 2.16. The van der Waals surface area contributed by atoms with Crippen LogP contribution in [0.1, 0.15) is 29.7 Å². The third-order valence-electron chi connectivity index (χ3n) is 5.36. The molecule has 3 heterocycles. The Hall–Kier alpha value is -3.11. The number of hydrogen-bond acceptors (Lipinski definition) is 5. The Morgan fingerprint density at radius 1 is 1.30 bits per heavy atom. The fourth-order valence-corrected chi connectivity index (χ4v) is 5.16. The van der Waals surface area contributed by atoms with Gasteiger partial charge in [0.05, 0.1) is 16.7 Å². The van der Waals surface area contributed by atoms with Crippen LogP contribution < -0.4 is 10.1 Å². The molecule has 7 nitrogen and oxygen atoms in total. The quantitative estimate of drug-likeness (QED) is 0.341. The van der Waals surface area contributed by atoms with Crippen LogP contribution in [0, 0.1) is 0 Å². The maximum atomic E-state index is 13.1. The van der Waals surface area contributed by atoms with E-state index in [9.17, 15) is 13.6 Å². The van der Waals surface area contributed by atoms with Gasteiger partial charge < -0.3 is 14.6 Å². The fourth-order valence-electron chi connectivity index (χ4n) is 3.86. The number of amides is 1. The second kappa shape index (κ2) is 8.35. The van der Waals surface area contributed by atoms with Gasteiger partial charge in [-0.05, 0) is 55.8 Å². The Morgan fingerprint density at radius 3 is 2.79 bits per heavy atom. The Bertz CT molecular complexity index is 1320. The molecule has 0 aliphatic carbocycles. The number of imidazole rings is 1. The third kappa shape index (κ3) is 4.40. The Kier molecular flexibility index (Phi) is 5.49. The zero-order valence-electron chi connectivity index (χ0n) is 17.3. The molecule has 0 saturated heterocycles. The molecule has 170 valence electrons. The van der Waals surface area contributed by atoms with Crippen LogP contribution in [0.2, 0.25) is 0 Å². The zero-order valence-corrected chi connectivity index (χ0v) is 18.9. The second-order valence-electron chi connectivity index (χ2n) is 7.64. The standard InChI is InChI=1S/C22H18ClF2N5O2S/c1-12-7-9-33-21-28-18-11-13(10-16(19(18)30(12)21)17-6-8-26-29-17)20(31)27-14-2-4-15(5-3-14)32-22(23,24)25/h2-6,8,10-12H,7,9H2,1H3,(H,26,29)(H,27,31)/t12-/m1/s1. The van der Waals surface area contributed by atoms with Crippen LogP contribution in [0.3, 0.4) is 0 Å². The van der Waals surface area contributed by atoms with Crippen molar-refractivity contribution in [2.45, 2.75) is 30.1 Å². The van der Waals surface area contributed by atoms with Gasteiger partial charge in [0.15, 0.2) is 5.16 Å². The van der Waals surface area contributed by atoms with Crippen molar-refractivity contribution in [1.29, 1.82) is 0 Å². The smallest absolute Gasteiger partial charge is 0.420 e. The minimum Gasteiger partial charge on any atom is -0.420 e. The number of carbonyl (C=O) groups is 1. The molecule has 1 aliphatic rings. The summed E-state index contributed by atoms with van der Waals surface area (Å²) in [5.74, 6) is 0.513. The maximum absolute atomic E-state index is 13.1. The van der Waals surface area contributed by atoms with Gasteiger partial charge in [-0.15, -0.1) is 8.78 Å². The molecule has 0 saturated carbocycles. The molecule has 0 radical (unpaired) electrons. The first-order valence-electron chi connectivity index (χ1n) is 10.1. The normalized spacial score (nSPS) is 15.9. The van der Waals surface area contributed by atoms with Crippen molar-refractivity contribution in [1.82, 2.24) is 19.7 Å². The van der Waals surface area contributed by atoms with Crippen molar-refractivity contribution >= 4 is 46.0 Å². The van der Waals surface area contributed by atoms with E-state index < -0.39 is 5.57 Å². The van der Waals surface area contributed by atoms with E-state index in [0.29, 0.717) is 11.3 Å². The molecule has 4 aromatic rings. The highest BCUT2D eigenvalue weighted by Crippen LogP contribution is 2.39. The lowest BCUT2D eigenvalue weighted by Gasteiger charge is -2.22. The number of hydrogen-bond donors (Lipinski definition) is 2. The minimum absolute atomic E-state index is 0.119. The van der Waals surface area contributed by atoms with Gasteiger partial charge in [0.2, 0.25) is 0 Å². The number of anilines is 1. The number of aromatic amines is 1. The molecular formula is C22H18ClF2N5O2S. The molecule has 1 amide bonds. The lowest BCUT2D eigenvalue weighted by Crippen LogP contribution is -2.16. The number of thioether (sulfide) groups is 1. The van der Waals surface area contributed by atoms with Gasteiger partial charge in [0.25, 0.3) is 5.91 Å². The number of nitrogens with one attached hydrogen (secondary N) is 2. The Morgan fingerprint density at radius 2 is 2.09 bits per heavy atom. The van der Waals surface area contributed by atoms with Gasteiger partial charge in [-0.25, -0.2) is 4.98 Å². The van der Waals surface area contributed by atoms with Crippen molar-refractivity contribution < 1.29 is 18.3 Å². The molecule has 33 heavy (non-hydrogen) atoms. The summed E-state index contributed by atoms with van der Waals surface area (Å²) < 4.78 is 32.1. The highest BCUT2D eigenvalue weighted by molar-refractivity contribution is 7.99. The summed E-state index contributed by atoms with van der Waals surface area (Å²) in [4.78, 5) is 17.8. The molecule has 2 aromatic heterocycles. The molecule has 0 spiro atoms. The summed E-state index contributed by atoms with van der Waals surface area (Å²) in [7, 11) is 0. The molecule has 0 bridgehead atoms. The van der Waals surface area contributed by atoms with Crippen LogP contribution in [-0.2, 0) is 0 Å². The highest BCUT2D eigenvalue weighted by atomic mass is 35.5. The first-order valence-corrected chi connectivity index (χ1v) is 11.5. The molecule has 0 fully saturated rings. The number of rotatable bonds is 5. The topological polar surface area (TPSA) is 84.8 Å². The summed E-state index contributed by atoms with van der Waals surface area (Å²) in [6.07, 6.45) is 2.69.